The summed E-state index contributed by atoms with van der Waals surface area (Å²) in [4.78, 5) is 29.0. The molecule has 1 aromatic heterocycles. The van der Waals surface area contributed by atoms with Crippen LogP contribution in [0.25, 0.3) is 0 Å². The molecule has 1 saturated heterocycles. The second kappa shape index (κ2) is 5.75. The fourth-order valence-corrected chi connectivity index (χ4v) is 4.35. The Morgan fingerprint density at radius 3 is 2.38 bits per heavy atom. The van der Waals surface area contributed by atoms with Crippen LogP contribution in [-0.4, -0.2) is 40.0 Å². The molecule has 0 radical (unpaired) electrons. The smallest absolute Gasteiger partial charge is 0.355 e. The maximum atomic E-state index is 12.4. The summed E-state index contributed by atoms with van der Waals surface area (Å²) in [6.07, 6.45) is 8.75. The maximum Gasteiger partial charge on any atom is 0.355 e. The van der Waals surface area contributed by atoms with Gasteiger partial charge >= 0.3 is 5.97 Å². The quantitative estimate of drug-likeness (QED) is 0.911. The van der Waals surface area contributed by atoms with Crippen LogP contribution >= 0.6 is 11.3 Å². The van der Waals surface area contributed by atoms with Gasteiger partial charge in [-0.2, -0.15) is 0 Å². The molecular formula is C15H20N2O3S. The molecular weight excluding hydrogens is 288 g/mol. The monoisotopic (exact) mass is 308 g/mol. The predicted molar refractivity (Wildman–Crippen MR) is 79.7 cm³/mol. The van der Waals surface area contributed by atoms with Crippen molar-refractivity contribution in [3.63, 3.8) is 0 Å². The van der Waals surface area contributed by atoms with E-state index in [9.17, 15) is 9.59 Å². The van der Waals surface area contributed by atoms with Crippen molar-refractivity contribution >= 4 is 23.2 Å². The molecule has 114 valence electrons. The minimum atomic E-state index is -1.08. The number of carboxylic acid groups (broad SMARTS) is 1. The van der Waals surface area contributed by atoms with Gasteiger partial charge in [-0.25, -0.2) is 9.78 Å². The topological polar surface area (TPSA) is 70.5 Å². The van der Waals surface area contributed by atoms with E-state index in [0.29, 0.717) is 10.4 Å². The average molecular weight is 308 g/mol. The average Bonchev–Trinajstić information content (AvgIpc) is 2.98. The highest BCUT2D eigenvalue weighted by Gasteiger charge is 2.37. The molecule has 1 aromatic rings. The van der Waals surface area contributed by atoms with E-state index < -0.39 is 5.97 Å². The van der Waals surface area contributed by atoms with Gasteiger partial charge in [0.1, 0.15) is 0 Å². The van der Waals surface area contributed by atoms with E-state index in [1.807, 2.05) is 4.90 Å². The first-order valence-corrected chi connectivity index (χ1v) is 8.46. The van der Waals surface area contributed by atoms with E-state index >= 15 is 0 Å². The second-order valence-corrected chi connectivity index (χ2v) is 7.05. The number of thiazole rings is 1. The SMILES string of the molecule is O=C(O)c1csc(C(=O)N2CCC3(CCCCC3)CC2)n1. The van der Waals surface area contributed by atoms with Gasteiger partial charge in [-0.15, -0.1) is 11.3 Å². The minimum absolute atomic E-state index is 0.0379. The Bertz CT molecular complexity index is 539. The van der Waals surface area contributed by atoms with E-state index in [2.05, 4.69) is 4.98 Å². The summed E-state index contributed by atoms with van der Waals surface area (Å²) < 4.78 is 0. The normalized spacial score (nSPS) is 21.4. The van der Waals surface area contributed by atoms with E-state index in [1.54, 1.807) is 0 Å². The van der Waals surface area contributed by atoms with Crippen molar-refractivity contribution in [2.75, 3.05) is 13.1 Å². The van der Waals surface area contributed by atoms with Crippen LogP contribution in [0.5, 0.6) is 0 Å². The first kappa shape index (κ1) is 14.5. The molecule has 1 spiro atoms. The molecule has 1 aliphatic carbocycles. The van der Waals surface area contributed by atoms with Crippen molar-refractivity contribution in [1.82, 2.24) is 9.88 Å². The van der Waals surface area contributed by atoms with Crippen molar-refractivity contribution in [3.05, 3.63) is 16.1 Å². The molecule has 6 heteroatoms. The molecule has 0 unspecified atom stereocenters. The maximum absolute atomic E-state index is 12.4. The molecule has 0 aromatic carbocycles. The summed E-state index contributed by atoms with van der Waals surface area (Å²) in [6, 6.07) is 0. The van der Waals surface area contributed by atoms with Gasteiger partial charge in [0.25, 0.3) is 5.91 Å². The zero-order valence-electron chi connectivity index (χ0n) is 12.0. The van der Waals surface area contributed by atoms with Crippen LogP contribution in [0.15, 0.2) is 5.38 Å². The van der Waals surface area contributed by atoms with Gasteiger partial charge in [-0.1, -0.05) is 19.3 Å². The fourth-order valence-electron chi connectivity index (χ4n) is 3.59. The number of rotatable bonds is 2. The summed E-state index contributed by atoms with van der Waals surface area (Å²) in [7, 11) is 0. The van der Waals surface area contributed by atoms with Crippen molar-refractivity contribution in [3.8, 4) is 0 Å². The highest BCUT2D eigenvalue weighted by Crippen LogP contribution is 2.44. The Balaban J connectivity index is 1.63. The lowest BCUT2D eigenvalue weighted by Crippen LogP contribution is -2.43. The lowest BCUT2D eigenvalue weighted by atomic mass is 9.68. The van der Waals surface area contributed by atoms with Crippen molar-refractivity contribution in [2.45, 2.75) is 44.9 Å². The number of hydrogen-bond donors (Lipinski definition) is 1. The first-order chi connectivity index (χ1) is 10.1. The standard InChI is InChI=1S/C15H20N2O3S/c18-13(12-16-11(10-21-12)14(19)20)17-8-6-15(7-9-17)4-2-1-3-5-15/h10H,1-9H2,(H,19,20). The van der Waals surface area contributed by atoms with Crippen molar-refractivity contribution < 1.29 is 14.7 Å². The molecule has 2 fully saturated rings. The number of carbonyl (C=O) groups excluding carboxylic acids is 1. The number of hydrogen-bond acceptors (Lipinski definition) is 4. The molecule has 1 saturated carbocycles. The van der Waals surface area contributed by atoms with Crippen molar-refractivity contribution in [2.24, 2.45) is 5.41 Å². The number of amides is 1. The van der Waals surface area contributed by atoms with Gasteiger partial charge in [0.15, 0.2) is 10.7 Å². The third kappa shape index (κ3) is 2.95. The van der Waals surface area contributed by atoms with Gasteiger partial charge in [0.2, 0.25) is 0 Å². The molecule has 0 bridgehead atoms. The number of aromatic nitrogens is 1. The van der Waals surface area contributed by atoms with E-state index in [0.717, 1.165) is 37.3 Å². The van der Waals surface area contributed by atoms with Crippen LogP contribution in [0.1, 0.15) is 65.2 Å². The molecule has 21 heavy (non-hydrogen) atoms. The van der Waals surface area contributed by atoms with Gasteiger partial charge in [0.05, 0.1) is 0 Å². The summed E-state index contributed by atoms with van der Waals surface area (Å²) in [5, 5.41) is 10.6. The second-order valence-electron chi connectivity index (χ2n) is 6.20. The Morgan fingerprint density at radius 2 is 1.81 bits per heavy atom. The predicted octanol–water partition coefficient (Wildman–Crippen LogP) is 3.03. The summed E-state index contributed by atoms with van der Waals surface area (Å²) in [5.74, 6) is -1.19. The Hall–Kier alpha value is -1.43. The highest BCUT2D eigenvalue weighted by atomic mass is 32.1. The number of carbonyl (C=O) groups is 2. The molecule has 2 aliphatic rings. The van der Waals surface area contributed by atoms with Gasteiger partial charge in [-0.05, 0) is 31.1 Å². The lowest BCUT2D eigenvalue weighted by molar-refractivity contribution is 0.0471. The van der Waals surface area contributed by atoms with Crippen LogP contribution in [0, 0.1) is 5.41 Å². The summed E-state index contributed by atoms with van der Waals surface area (Å²) in [6.45, 7) is 1.56. The minimum Gasteiger partial charge on any atom is -0.476 e. The molecule has 1 N–H and O–H groups in total. The van der Waals surface area contributed by atoms with Gasteiger partial charge < -0.3 is 10.0 Å². The Labute approximate surface area is 128 Å². The molecule has 3 rings (SSSR count). The van der Waals surface area contributed by atoms with Crippen LogP contribution in [0.2, 0.25) is 0 Å². The van der Waals surface area contributed by atoms with Crippen LogP contribution < -0.4 is 0 Å². The Morgan fingerprint density at radius 1 is 1.14 bits per heavy atom. The molecule has 2 heterocycles. The van der Waals surface area contributed by atoms with E-state index in [1.165, 1.54) is 37.5 Å². The molecule has 5 nitrogen and oxygen atoms in total. The fraction of sp³-hybridized carbons (Fsp3) is 0.667. The summed E-state index contributed by atoms with van der Waals surface area (Å²) >= 11 is 1.12. The van der Waals surface area contributed by atoms with Crippen LogP contribution in [0.3, 0.4) is 0 Å². The van der Waals surface area contributed by atoms with Gasteiger partial charge in [-0.3, -0.25) is 4.79 Å². The van der Waals surface area contributed by atoms with Crippen molar-refractivity contribution in [1.29, 1.82) is 0 Å². The molecule has 1 aliphatic heterocycles. The van der Waals surface area contributed by atoms with E-state index in [-0.39, 0.29) is 11.6 Å². The summed E-state index contributed by atoms with van der Waals surface area (Å²) in [5.41, 5.74) is 0.425. The lowest BCUT2D eigenvalue weighted by Gasteiger charge is -2.44. The van der Waals surface area contributed by atoms with Crippen LogP contribution in [0.4, 0.5) is 0 Å². The number of aromatic carboxylic acids is 1. The highest BCUT2D eigenvalue weighted by molar-refractivity contribution is 7.11. The third-order valence-corrected chi connectivity index (χ3v) is 5.76. The van der Waals surface area contributed by atoms with E-state index in [4.69, 9.17) is 5.11 Å². The number of likely N-dealkylation sites (tertiary alicyclic amines) is 1. The molecule has 0 atom stereocenters. The Kier molecular flexibility index (Phi) is 3.97. The zero-order valence-corrected chi connectivity index (χ0v) is 12.8. The molecule has 1 amide bonds. The largest absolute Gasteiger partial charge is 0.476 e. The number of carboxylic acids is 1. The van der Waals surface area contributed by atoms with Crippen LogP contribution in [-0.2, 0) is 0 Å². The number of nitrogens with zero attached hydrogens (tertiary/aromatic N) is 2. The number of piperidine rings is 1. The first-order valence-electron chi connectivity index (χ1n) is 7.58. The zero-order chi connectivity index (χ0) is 14.9. The third-order valence-electron chi connectivity index (χ3n) is 4.93. The van der Waals surface area contributed by atoms with Gasteiger partial charge in [0, 0.05) is 18.5 Å².